The predicted octanol–water partition coefficient (Wildman–Crippen LogP) is 9.59. The summed E-state index contributed by atoms with van der Waals surface area (Å²) in [5, 5.41) is 28.0. The number of hydrogen-bond acceptors (Lipinski definition) is 7. The van der Waals surface area contributed by atoms with Crippen LogP contribution in [-0.4, -0.2) is 73.8 Å². The molecule has 0 fully saturated rings. The van der Waals surface area contributed by atoms with Crippen LogP contribution in [0.25, 0.3) is 0 Å². The van der Waals surface area contributed by atoms with Gasteiger partial charge in [0.2, 0.25) is 0 Å². The van der Waals surface area contributed by atoms with Crippen molar-refractivity contribution in [3.63, 3.8) is 0 Å². The van der Waals surface area contributed by atoms with Gasteiger partial charge in [-0.2, -0.15) is 0 Å². The number of ether oxygens (including phenoxy) is 2. The summed E-state index contributed by atoms with van der Waals surface area (Å²) in [5.74, 6) is 0.453. The first-order valence-corrected chi connectivity index (χ1v) is 21.3. The van der Waals surface area contributed by atoms with Crippen molar-refractivity contribution >= 4 is 35.6 Å². The third-order valence-electron chi connectivity index (χ3n) is 9.71. The van der Waals surface area contributed by atoms with Crippen molar-refractivity contribution in [1.29, 1.82) is 0 Å². The highest BCUT2D eigenvalue weighted by atomic mass is 16.6. The SMILES string of the molecule is CCCCCC(C)(O)CC(COC(=O)NCCCCCCNC(=O)Nc1cccc(C(C)CCCC)c1)OC(=O)NCCCCCCNC(=O)Nc1ccccc1. The maximum atomic E-state index is 12.7. The van der Waals surface area contributed by atoms with Crippen LogP contribution in [0.2, 0.25) is 0 Å². The van der Waals surface area contributed by atoms with E-state index in [4.69, 9.17) is 9.47 Å². The molecule has 3 atom stereocenters. The molecule has 0 aliphatic carbocycles. The smallest absolute Gasteiger partial charge is 0.407 e. The van der Waals surface area contributed by atoms with E-state index >= 15 is 0 Å². The van der Waals surface area contributed by atoms with E-state index in [1.807, 2.05) is 48.5 Å². The molecule has 2 aromatic rings. The lowest BCUT2D eigenvalue weighted by atomic mass is 9.92. The van der Waals surface area contributed by atoms with Crippen LogP contribution < -0.4 is 31.9 Å². The number of aliphatic hydroxyl groups is 1. The Labute approximate surface area is 341 Å². The van der Waals surface area contributed by atoms with Crippen molar-refractivity contribution in [2.45, 2.75) is 148 Å². The molecule has 0 aliphatic rings. The monoisotopic (exact) mass is 797 g/mol. The number of urea groups is 2. The summed E-state index contributed by atoms with van der Waals surface area (Å²) >= 11 is 0. The summed E-state index contributed by atoms with van der Waals surface area (Å²) in [5.41, 5.74) is 1.68. The van der Waals surface area contributed by atoms with E-state index in [0.29, 0.717) is 38.5 Å². The molecule has 57 heavy (non-hydrogen) atoms. The van der Waals surface area contributed by atoms with Gasteiger partial charge in [-0.3, -0.25) is 0 Å². The van der Waals surface area contributed by atoms with Crippen molar-refractivity contribution in [3.8, 4) is 0 Å². The number of anilines is 2. The van der Waals surface area contributed by atoms with E-state index < -0.39 is 23.9 Å². The molecular formula is C44H72N6O7. The summed E-state index contributed by atoms with van der Waals surface area (Å²) < 4.78 is 11.0. The quantitative estimate of drug-likeness (QED) is 0.0401. The number of amides is 6. The molecule has 6 amide bonds. The Hall–Kier alpha value is -4.52. The van der Waals surface area contributed by atoms with Crippen LogP contribution in [0, 0.1) is 0 Å². The summed E-state index contributed by atoms with van der Waals surface area (Å²) in [6.07, 6.45) is 11.6. The molecule has 0 spiro atoms. The Balaban J connectivity index is 1.61. The van der Waals surface area contributed by atoms with E-state index in [-0.39, 0.29) is 25.1 Å². The first kappa shape index (κ1) is 48.6. The van der Waals surface area contributed by atoms with Crippen LogP contribution >= 0.6 is 0 Å². The standard InChI is InChI=1S/C44H72N6O7/c1-5-7-16-27-44(4,55)33-39(57-43(54)48-31-20-12-10-17-28-45-40(51)49-37-24-14-13-15-25-37)34-56-42(53)47-30-19-11-9-18-29-46-41(52)50-38-26-21-23-36(32-38)35(3)22-8-6-2/h13-15,21,23-26,32,35,39,55H,5-12,16-20,22,27-31,33-34H2,1-4H3,(H,47,53)(H,48,54)(H2,45,49,51)(H2,46,50,52). The number of carbonyl (C=O) groups excluding carboxylic acids is 4. The minimum absolute atomic E-state index is 0.138. The van der Waals surface area contributed by atoms with Gasteiger partial charge in [0.15, 0.2) is 0 Å². The van der Waals surface area contributed by atoms with Gasteiger partial charge >= 0.3 is 24.2 Å². The van der Waals surface area contributed by atoms with E-state index in [2.05, 4.69) is 58.7 Å². The van der Waals surface area contributed by atoms with Crippen molar-refractivity contribution in [3.05, 3.63) is 60.2 Å². The predicted molar refractivity (Wildman–Crippen MR) is 229 cm³/mol. The second-order valence-corrected chi connectivity index (χ2v) is 15.3. The molecule has 3 unspecified atom stereocenters. The Morgan fingerprint density at radius 2 is 1.19 bits per heavy atom. The fourth-order valence-electron chi connectivity index (χ4n) is 6.36. The lowest BCUT2D eigenvalue weighted by Gasteiger charge is -2.28. The number of alkyl carbamates (subject to hydrolysis) is 2. The van der Waals surface area contributed by atoms with Gasteiger partial charge in [-0.15, -0.1) is 0 Å². The van der Waals surface area contributed by atoms with E-state index in [1.54, 1.807) is 6.92 Å². The summed E-state index contributed by atoms with van der Waals surface area (Å²) in [4.78, 5) is 49.5. The van der Waals surface area contributed by atoms with Crippen molar-refractivity contribution < 1.29 is 33.8 Å². The van der Waals surface area contributed by atoms with Crippen LogP contribution in [0.5, 0.6) is 0 Å². The van der Waals surface area contributed by atoms with Gasteiger partial charge in [-0.1, -0.05) is 109 Å². The Morgan fingerprint density at radius 1 is 0.649 bits per heavy atom. The molecule has 0 radical (unpaired) electrons. The highest BCUT2D eigenvalue weighted by molar-refractivity contribution is 5.89. The molecule has 0 bridgehead atoms. The normalized spacial score (nSPS) is 13.0. The number of carbonyl (C=O) groups is 4. The summed E-state index contributed by atoms with van der Waals surface area (Å²) in [7, 11) is 0. The average molecular weight is 797 g/mol. The highest BCUT2D eigenvalue weighted by Crippen LogP contribution is 2.24. The molecule has 13 nitrogen and oxygen atoms in total. The van der Waals surface area contributed by atoms with Crippen LogP contribution in [0.4, 0.5) is 30.6 Å². The Kier molecular flexibility index (Phi) is 25.3. The van der Waals surface area contributed by atoms with Crippen LogP contribution in [0.1, 0.15) is 142 Å². The maximum Gasteiger partial charge on any atom is 0.407 e. The third-order valence-corrected chi connectivity index (χ3v) is 9.71. The molecular weight excluding hydrogens is 725 g/mol. The molecule has 0 heterocycles. The fraction of sp³-hybridized carbons (Fsp3) is 0.636. The van der Waals surface area contributed by atoms with Crippen molar-refractivity contribution in [1.82, 2.24) is 21.3 Å². The van der Waals surface area contributed by atoms with Crippen LogP contribution in [0.15, 0.2) is 54.6 Å². The molecule has 0 aromatic heterocycles. The van der Waals surface area contributed by atoms with Crippen LogP contribution in [0.3, 0.4) is 0 Å². The van der Waals surface area contributed by atoms with Crippen molar-refractivity contribution in [2.24, 2.45) is 0 Å². The van der Waals surface area contributed by atoms with Gasteiger partial charge in [0.25, 0.3) is 0 Å². The number of nitrogens with one attached hydrogen (secondary N) is 6. The number of unbranched alkanes of at least 4 members (excludes halogenated alkanes) is 9. The number of hydrogen-bond donors (Lipinski definition) is 7. The third kappa shape index (κ3) is 24.7. The van der Waals surface area contributed by atoms with Gasteiger partial charge in [-0.05, 0) is 81.2 Å². The molecule has 320 valence electrons. The van der Waals surface area contributed by atoms with Gasteiger partial charge in [0, 0.05) is 44.0 Å². The van der Waals surface area contributed by atoms with Gasteiger partial charge in [0.05, 0.1) is 5.60 Å². The van der Waals surface area contributed by atoms with Gasteiger partial charge in [-0.25, -0.2) is 19.2 Å². The van der Waals surface area contributed by atoms with Crippen LogP contribution in [-0.2, 0) is 9.47 Å². The lowest BCUT2D eigenvalue weighted by Crippen LogP contribution is -2.39. The summed E-state index contributed by atoms with van der Waals surface area (Å²) in [6, 6.07) is 16.8. The average Bonchev–Trinajstić information content (AvgIpc) is 3.18. The second-order valence-electron chi connectivity index (χ2n) is 15.3. The molecule has 2 aromatic carbocycles. The molecule has 2 rings (SSSR count). The largest absolute Gasteiger partial charge is 0.446 e. The van der Waals surface area contributed by atoms with E-state index in [1.165, 1.54) is 18.4 Å². The first-order valence-electron chi connectivity index (χ1n) is 21.3. The molecule has 7 N–H and O–H groups in total. The number of benzene rings is 2. The van der Waals surface area contributed by atoms with E-state index in [9.17, 15) is 24.3 Å². The zero-order valence-corrected chi connectivity index (χ0v) is 35.1. The highest BCUT2D eigenvalue weighted by Gasteiger charge is 2.28. The topological polar surface area (TPSA) is 179 Å². The zero-order chi connectivity index (χ0) is 41.6. The van der Waals surface area contributed by atoms with Gasteiger partial charge in [0.1, 0.15) is 12.7 Å². The maximum absolute atomic E-state index is 12.7. The Morgan fingerprint density at radius 3 is 1.79 bits per heavy atom. The molecule has 0 saturated heterocycles. The Bertz CT molecular complexity index is 1410. The van der Waals surface area contributed by atoms with Crippen molar-refractivity contribution in [2.75, 3.05) is 43.4 Å². The molecule has 0 aliphatic heterocycles. The fourth-order valence-corrected chi connectivity index (χ4v) is 6.36. The zero-order valence-electron chi connectivity index (χ0n) is 35.1. The minimum Gasteiger partial charge on any atom is -0.446 e. The molecule has 0 saturated carbocycles. The number of rotatable bonds is 29. The molecule has 13 heteroatoms. The second kappa shape index (κ2) is 29.7. The lowest BCUT2D eigenvalue weighted by molar-refractivity contribution is -0.0302. The van der Waals surface area contributed by atoms with Gasteiger partial charge < -0.3 is 46.5 Å². The number of para-hydroxylation sites is 1. The minimum atomic E-state index is -1.08. The first-order chi connectivity index (χ1) is 27.5. The summed E-state index contributed by atoms with van der Waals surface area (Å²) in [6.45, 7) is 9.99. The van der Waals surface area contributed by atoms with E-state index in [0.717, 1.165) is 88.4 Å².